The largest absolute Gasteiger partial charge is 0.353 e. The minimum Gasteiger partial charge on any atom is -0.353 e. The summed E-state index contributed by atoms with van der Waals surface area (Å²) in [4.78, 5) is 26.6. The van der Waals surface area contributed by atoms with Crippen LogP contribution in [0.15, 0.2) is 24.3 Å². The Bertz CT molecular complexity index is 557. The summed E-state index contributed by atoms with van der Waals surface area (Å²) >= 11 is 7.44. The Morgan fingerprint density at radius 1 is 1.38 bits per heavy atom. The molecule has 0 aromatic heterocycles. The van der Waals surface area contributed by atoms with Crippen molar-refractivity contribution >= 4 is 47.6 Å². The maximum atomic E-state index is 12.6. The second-order valence-corrected chi connectivity index (χ2v) is 6.94. The summed E-state index contributed by atoms with van der Waals surface area (Å²) in [7, 11) is 0. The minimum atomic E-state index is -0.419. The number of rotatable bonds is 6. The Hall–Kier alpha value is -0.950. The van der Waals surface area contributed by atoms with Crippen LogP contribution in [0.4, 0.5) is 0 Å². The summed E-state index contributed by atoms with van der Waals surface area (Å²) < 4.78 is 0. The highest BCUT2D eigenvalue weighted by atomic mass is 35.5. The molecule has 2 rings (SSSR count). The summed E-state index contributed by atoms with van der Waals surface area (Å²) in [5.74, 6) is 0.928. The molecule has 1 heterocycles. The van der Waals surface area contributed by atoms with Crippen LogP contribution < -0.4 is 10.6 Å². The molecule has 24 heavy (non-hydrogen) atoms. The zero-order chi connectivity index (χ0) is 16.8. The van der Waals surface area contributed by atoms with Crippen LogP contribution in [0.1, 0.15) is 24.2 Å². The van der Waals surface area contributed by atoms with Crippen LogP contribution in [0.3, 0.4) is 0 Å². The van der Waals surface area contributed by atoms with E-state index in [-0.39, 0.29) is 30.3 Å². The van der Waals surface area contributed by atoms with Gasteiger partial charge < -0.3 is 15.5 Å². The number of nitrogens with one attached hydrogen (secondary N) is 2. The lowest BCUT2D eigenvalue weighted by atomic mass is 10.1. The van der Waals surface area contributed by atoms with Crippen molar-refractivity contribution in [3.63, 3.8) is 0 Å². The highest BCUT2D eigenvalue weighted by Gasteiger charge is 2.35. The third-order valence-electron chi connectivity index (χ3n) is 3.67. The van der Waals surface area contributed by atoms with Gasteiger partial charge >= 0.3 is 0 Å². The summed E-state index contributed by atoms with van der Waals surface area (Å²) in [5.41, 5.74) is 0.552. The molecule has 0 radical (unpaired) electrons. The Kier molecular flexibility index (Phi) is 8.91. The van der Waals surface area contributed by atoms with Gasteiger partial charge in [0.15, 0.2) is 0 Å². The van der Waals surface area contributed by atoms with Gasteiger partial charge in [0.2, 0.25) is 5.91 Å². The van der Waals surface area contributed by atoms with E-state index in [2.05, 4.69) is 10.6 Å². The molecule has 8 heteroatoms. The van der Waals surface area contributed by atoms with Crippen LogP contribution in [0.2, 0.25) is 5.02 Å². The fourth-order valence-electron chi connectivity index (χ4n) is 2.41. The number of thioether (sulfide) groups is 1. The zero-order valence-electron chi connectivity index (χ0n) is 13.8. The van der Waals surface area contributed by atoms with Crippen molar-refractivity contribution in [2.45, 2.75) is 25.9 Å². The van der Waals surface area contributed by atoms with Crippen LogP contribution in [0.5, 0.6) is 0 Å². The predicted octanol–water partition coefficient (Wildman–Crippen LogP) is 2.39. The highest BCUT2D eigenvalue weighted by Crippen LogP contribution is 2.23. The summed E-state index contributed by atoms with van der Waals surface area (Å²) in [6, 6.07) is 6.54. The van der Waals surface area contributed by atoms with E-state index >= 15 is 0 Å². The molecule has 2 atom stereocenters. The van der Waals surface area contributed by atoms with Gasteiger partial charge in [0, 0.05) is 28.9 Å². The number of benzene rings is 1. The molecule has 1 aromatic rings. The van der Waals surface area contributed by atoms with Gasteiger partial charge in [-0.15, -0.1) is 24.2 Å². The first-order chi connectivity index (χ1) is 11.0. The lowest BCUT2D eigenvalue weighted by Crippen LogP contribution is -2.49. The van der Waals surface area contributed by atoms with E-state index < -0.39 is 6.04 Å². The van der Waals surface area contributed by atoms with Gasteiger partial charge in [0.05, 0.1) is 5.88 Å². The van der Waals surface area contributed by atoms with Crippen molar-refractivity contribution in [2.24, 2.45) is 0 Å². The van der Waals surface area contributed by atoms with Gasteiger partial charge in [-0.2, -0.15) is 0 Å². The maximum Gasteiger partial charge on any atom is 0.255 e. The fourth-order valence-corrected chi connectivity index (χ4v) is 3.69. The zero-order valence-corrected chi connectivity index (χ0v) is 16.1. The van der Waals surface area contributed by atoms with Crippen LogP contribution in [-0.4, -0.2) is 53.5 Å². The van der Waals surface area contributed by atoms with E-state index in [4.69, 9.17) is 11.6 Å². The molecule has 1 saturated heterocycles. The molecule has 0 spiro atoms. The van der Waals surface area contributed by atoms with Gasteiger partial charge in [0.1, 0.15) is 6.04 Å². The molecule has 1 unspecified atom stereocenters. The van der Waals surface area contributed by atoms with Crippen molar-refractivity contribution in [1.29, 1.82) is 0 Å². The quantitative estimate of drug-likeness (QED) is 0.781. The van der Waals surface area contributed by atoms with E-state index in [1.807, 2.05) is 13.8 Å². The number of carbonyl (C=O) groups excluding carboxylic acids is 2. The Balaban J connectivity index is 0.00000288. The van der Waals surface area contributed by atoms with Crippen LogP contribution >= 0.6 is 35.8 Å². The summed E-state index contributed by atoms with van der Waals surface area (Å²) in [6.45, 7) is 5.45. The second kappa shape index (κ2) is 10.1. The standard InChI is InChI=1S/C16H22ClN3O2S.ClH/c1-3-18-11(2)8-19-15(21)14-9-23-10-20(14)16(22)12-4-6-13(17)7-5-12;/h4-7,11,14,18H,3,8-10H2,1-2H3,(H,19,21);1H/t11-,14?;/m1./s1. The van der Waals surface area contributed by atoms with E-state index in [0.717, 1.165) is 6.54 Å². The summed E-state index contributed by atoms with van der Waals surface area (Å²) in [6.07, 6.45) is 0. The van der Waals surface area contributed by atoms with E-state index in [0.29, 0.717) is 28.8 Å². The van der Waals surface area contributed by atoms with E-state index in [1.165, 1.54) is 0 Å². The number of nitrogens with zero attached hydrogens (tertiary/aromatic N) is 1. The number of halogens is 2. The first-order valence-corrected chi connectivity index (χ1v) is 9.21. The topological polar surface area (TPSA) is 61.4 Å². The molecule has 0 aliphatic carbocycles. The first kappa shape index (κ1) is 21.1. The average Bonchev–Trinajstić information content (AvgIpc) is 3.02. The number of hydrogen-bond donors (Lipinski definition) is 2. The Morgan fingerprint density at radius 3 is 2.67 bits per heavy atom. The molecule has 2 amide bonds. The van der Waals surface area contributed by atoms with Gasteiger partial charge in [-0.3, -0.25) is 9.59 Å². The van der Waals surface area contributed by atoms with Crippen LogP contribution in [0, 0.1) is 0 Å². The minimum absolute atomic E-state index is 0. The van der Waals surface area contributed by atoms with Crippen molar-refractivity contribution in [3.8, 4) is 0 Å². The lowest BCUT2D eigenvalue weighted by molar-refractivity contribution is -0.124. The first-order valence-electron chi connectivity index (χ1n) is 7.68. The Labute approximate surface area is 158 Å². The van der Waals surface area contributed by atoms with Crippen LogP contribution in [0.25, 0.3) is 0 Å². The number of likely N-dealkylation sites (N-methyl/N-ethyl adjacent to an activating group) is 1. The molecule has 1 aliphatic rings. The maximum absolute atomic E-state index is 12.6. The van der Waals surface area contributed by atoms with Gasteiger partial charge in [0.25, 0.3) is 5.91 Å². The van der Waals surface area contributed by atoms with Gasteiger partial charge in [-0.1, -0.05) is 18.5 Å². The third-order valence-corrected chi connectivity index (χ3v) is 4.94. The highest BCUT2D eigenvalue weighted by molar-refractivity contribution is 7.99. The third kappa shape index (κ3) is 5.55. The van der Waals surface area contributed by atoms with Crippen molar-refractivity contribution < 1.29 is 9.59 Å². The molecule has 1 fully saturated rings. The summed E-state index contributed by atoms with van der Waals surface area (Å²) in [5, 5.41) is 6.76. The molecule has 5 nitrogen and oxygen atoms in total. The van der Waals surface area contributed by atoms with Crippen LogP contribution in [-0.2, 0) is 4.79 Å². The second-order valence-electron chi connectivity index (χ2n) is 5.50. The van der Waals surface area contributed by atoms with Gasteiger partial charge in [-0.25, -0.2) is 0 Å². The van der Waals surface area contributed by atoms with Crippen molar-refractivity contribution in [2.75, 3.05) is 24.7 Å². The molecule has 0 saturated carbocycles. The Morgan fingerprint density at radius 2 is 2.04 bits per heavy atom. The molecule has 134 valence electrons. The molecular weight excluding hydrogens is 369 g/mol. The smallest absolute Gasteiger partial charge is 0.255 e. The van der Waals surface area contributed by atoms with Crippen molar-refractivity contribution in [1.82, 2.24) is 15.5 Å². The fraction of sp³-hybridized carbons (Fsp3) is 0.500. The number of hydrogen-bond acceptors (Lipinski definition) is 4. The number of amides is 2. The molecule has 0 bridgehead atoms. The molecule has 1 aliphatic heterocycles. The molecule has 1 aromatic carbocycles. The average molecular weight is 392 g/mol. The SMILES string of the molecule is CCN[C@H](C)CNC(=O)C1CSCN1C(=O)c1ccc(Cl)cc1.Cl. The normalized spacial score (nSPS) is 18.0. The van der Waals surface area contributed by atoms with Gasteiger partial charge in [-0.05, 0) is 37.7 Å². The van der Waals surface area contributed by atoms with Crippen molar-refractivity contribution in [3.05, 3.63) is 34.9 Å². The lowest BCUT2D eigenvalue weighted by Gasteiger charge is -2.24. The molecular formula is C16H23Cl2N3O2S. The monoisotopic (exact) mass is 391 g/mol. The van der Waals surface area contributed by atoms with E-state index in [9.17, 15) is 9.59 Å². The number of carbonyl (C=O) groups is 2. The predicted molar refractivity (Wildman–Crippen MR) is 102 cm³/mol. The van der Waals surface area contributed by atoms with E-state index in [1.54, 1.807) is 40.9 Å². The molecule has 2 N–H and O–H groups in total.